The van der Waals surface area contributed by atoms with Crippen molar-refractivity contribution in [3.05, 3.63) is 54.8 Å². The Kier molecular flexibility index (Phi) is 4.95. The smallest absolute Gasteiger partial charge is 0.137 e. The summed E-state index contributed by atoms with van der Waals surface area (Å²) in [6, 6.07) is 7.27. The fourth-order valence-electron chi connectivity index (χ4n) is 1.75. The second-order valence-electron chi connectivity index (χ2n) is 4.18. The molecular formula is C13H12Br2FNS. The van der Waals surface area contributed by atoms with Gasteiger partial charge in [-0.15, -0.1) is 11.3 Å². The first-order chi connectivity index (χ1) is 8.54. The molecule has 5 heteroatoms. The van der Waals surface area contributed by atoms with Crippen LogP contribution in [-0.2, 0) is 13.1 Å². The van der Waals surface area contributed by atoms with Crippen LogP contribution in [0.3, 0.4) is 0 Å². The summed E-state index contributed by atoms with van der Waals surface area (Å²) in [6.07, 6.45) is 0. The van der Waals surface area contributed by atoms with Gasteiger partial charge in [-0.25, -0.2) is 4.39 Å². The highest BCUT2D eigenvalue weighted by atomic mass is 79.9. The summed E-state index contributed by atoms with van der Waals surface area (Å²) in [5, 5.41) is 2.14. The van der Waals surface area contributed by atoms with Crippen molar-refractivity contribution in [2.75, 3.05) is 7.05 Å². The molecule has 0 spiro atoms. The summed E-state index contributed by atoms with van der Waals surface area (Å²) in [6.45, 7) is 1.68. The van der Waals surface area contributed by atoms with E-state index in [1.807, 2.05) is 12.1 Å². The molecule has 2 aromatic rings. The number of rotatable bonds is 4. The Bertz CT molecular complexity index is 542. The van der Waals surface area contributed by atoms with Gasteiger partial charge < -0.3 is 0 Å². The third-order valence-corrected chi connectivity index (χ3v) is 4.67. The monoisotopic (exact) mass is 391 g/mol. The Labute approximate surface area is 127 Å². The Morgan fingerprint density at radius 2 is 1.89 bits per heavy atom. The average Bonchev–Trinajstić information content (AvgIpc) is 2.69. The van der Waals surface area contributed by atoms with Gasteiger partial charge in [0.2, 0.25) is 0 Å². The van der Waals surface area contributed by atoms with Crippen LogP contribution >= 0.6 is 43.2 Å². The molecule has 1 heterocycles. The molecule has 0 atom stereocenters. The van der Waals surface area contributed by atoms with E-state index in [-0.39, 0.29) is 5.82 Å². The lowest BCUT2D eigenvalue weighted by Gasteiger charge is -2.16. The molecule has 0 N–H and O–H groups in total. The van der Waals surface area contributed by atoms with Crippen LogP contribution in [0, 0.1) is 5.82 Å². The van der Waals surface area contributed by atoms with Crippen LogP contribution in [0.25, 0.3) is 0 Å². The summed E-state index contributed by atoms with van der Waals surface area (Å²) < 4.78 is 14.8. The third kappa shape index (κ3) is 3.88. The number of thiophene rings is 1. The number of halogens is 3. The minimum absolute atomic E-state index is 0.219. The van der Waals surface area contributed by atoms with Gasteiger partial charge in [-0.1, -0.05) is 6.07 Å². The van der Waals surface area contributed by atoms with Gasteiger partial charge in [0.1, 0.15) is 5.82 Å². The van der Waals surface area contributed by atoms with Gasteiger partial charge in [0.25, 0.3) is 0 Å². The standard InChI is InChI=1S/C13H12Br2FNS/c1-17(7-10-5-13(15)18-8-10)6-9-2-3-12(16)11(14)4-9/h2-5,8H,6-7H2,1H3. The molecule has 0 unspecified atom stereocenters. The zero-order valence-electron chi connectivity index (χ0n) is 9.79. The molecule has 0 aliphatic carbocycles. The van der Waals surface area contributed by atoms with Crippen molar-refractivity contribution in [3.8, 4) is 0 Å². The molecule has 0 amide bonds. The van der Waals surface area contributed by atoms with E-state index < -0.39 is 0 Å². The summed E-state index contributed by atoms with van der Waals surface area (Å²) in [5.74, 6) is -0.219. The maximum Gasteiger partial charge on any atom is 0.137 e. The second kappa shape index (κ2) is 6.28. The highest BCUT2D eigenvalue weighted by Crippen LogP contribution is 2.22. The van der Waals surface area contributed by atoms with Crippen molar-refractivity contribution in [2.45, 2.75) is 13.1 Å². The summed E-state index contributed by atoms with van der Waals surface area (Å²) >= 11 is 8.36. The molecule has 2 rings (SSSR count). The maximum atomic E-state index is 13.1. The van der Waals surface area contributed by atoms with Crippen LogP contribution in [0.5, 0.6) is 0 Å². The van der Waals surface area contributed by atoms with E-state index in [0.29, 0.717) is 4.47 Å². The molecule has 96 valence electrons. The van der Waals surface area contributed by atoms with E-state index in [0.717, 1.165) is 22.4 Å². The third-order valence-electron chi connectivity index (χ3n) is 2.51. The normalized spacial score (nSPS) is 11.2. The van der Waals surface area contributed by atoms with Gasteiger partial charge >= 0.3 is 0 Å². The first-order valence-corrected chi connectivity index (χ1v) is 7.86. The predicted octanol–water partition coefficient (Wildman–Crippen LogP) is 5.04. The van der Waals surface area contributed by atoms with Crippen molar-refractivity contribution in [1.82, 2.24) is 4.90 Å². The minimum Gasteiger partial charge on any atom is -0.298 e. The van der Waals surface area contributed by atoms with Gasteiger partial charge in [0.05, 0.1) is 8.26 Å². The number of hydrogen-bond acceptors (Lipinski definition) is 2. The topological polar surface area (TPSA) is 3.24 Å². The molecule has 18 heavy (non-hydrogen) atoms. The van der Waals surface area contributed by atoms with E-state index in [9.17, 15) is 4.39 Å². The number of hydrogen-bond donors (Lipinski definition) is 0. The molecule has 0 saturated carbocycles. The molecule has 0 aliphatic heterocycles. The lowest BCUT2D eigenvalue weighted by Crippen LogP contribution is -2.16. The molecule has 0 aliphatic rings. The Balaban J connectivity index is 1.98. The van der Waals surface area contributed by atoms with E-state index in [4.69, 9.17) is 0 Å². The first-order valence-electron chi connectivity index (χ1n) is 5.40. The summed E-state index contributed by atoms with van der Waals surface area (Å²) in [7, 11) is 2.06. The molecule has 0 saturated heterocycles. The zero-order valence-corrected chi connectivity index (χ0v) is 13.8. The van der Waals surface area contributed by atoms with Crippen molar-refractivity contribution in [2.24, 2.45) is 0 Å². The van der Waals surface area contributed by atoms with Crippen LogP contribution in [0.1, 0.15) is 11.1 Å². The van der Waals surface area contributed by atoms with Gasteiger partial charge in [0, 0.05) is 13.1 Å². The number of benzene rings is 1. The lowest BCUT2D eigenvalue weighted by molar-refractivity contribution is 0.319. The molecule has 1 aromatic heterocycles. The Morgan fingerprint density at radius 1 is 1.17 bits per heavy atom. The first kappa shape index (κ1) is 14.2. The van der Waals surface area contributed by atoms with E-state index in [1.54, 1.807) is 11.3 Å². The van der Waals surface area contributed by atoms with Crippen molar-refractivity contribution >= 4 is 43.2 Å². The van der Waals surface area contributed by atoms with Crippen molar-refractivity contribution in [3.63, 3.8) is 0 Å². The van der Waals surface area contributed by atoms with Crippen molar-refractivity contribution < 1.29 is 4.39 Å². The fraction of sp³-hybridized carbons (Fsp3) is 0.231. The quantitative estimate of drug-likeness (QED) is 0.704. The Hall–Kier alpha value is -0.230. The van der Waals surface area contributed by atoms with Crippen molar-refractivity contribution in [1.29, 1.82) is 0 Å². The molecule has 1 aromatic carbocycles. The lowest BCUT2D eigenvalue weighted by atomic mass is 10.2. The van der Waals surface area contributed by atoms with Crippen LogP contribution in [0.15, 0.2) is 37.9 Å². The number of nitrogens with zero attached hydrogens (tertiary/aromatic N) is 1. The van der Waals surface area contributed by atoms with E-state index >= 15 is 0 Å². The van der Waals surface area contributed by atoms with Crippen LogP contribution < -0.4 is 0 Å². The summed E-state index contributed by atoms with van der Waals surface area (Å²) in [5.41, 5.74) is 2.38. The van der Waals surface area contributed by atoms with E-state index in [1.165, 1.54) is 11.6 Å². The molecule has 0 radical (unpaired) electrons. The van der Waals surface area contributed by atoms with Crippen LogP contribution in [0.4, 0.5) is 4.39 Å². The fourth-order valence-corrected chi connectivity index (χ4v) is 3.37. The maximum absolute atomic E-state index is 13.1. The Morgan fingerprint density at radius 3 is 2.50 bits per heavy atom. The SMILES string of the molecule is CN(Cc1csc(Br)c1)Cc1ccc(F)c(Br)c1. The average molecular weight is 393 g/mol. The summed E-state index contributed by atoms with van der Waals surface area (Å²) in [4.78, 5) is 2.20. The van der Waals surface area contributed by atoms with Gasteiger partial charge in [-0.3, -0.25) is 4.90 Å². The molecular weight excluding hydrogens is 381 g/mol. The predicted molar refractivity (Wildman–Crippen MR) is 81.3 cm³/mol. The van der Waals surface area contributed by atoms with Gasteiger partial charge in [-0.05, 0) is 73.6 Å². The molecule has 1 nitrogen and oxygen atoms in total. The van der Waals surface area contributed by atoms with Crippen LogP contribution in [-0.4, -0.2) is 11.9 Å². The van der Waals surface area contributed by atoms with Gasteiger partial charge in [0.15, 0.2) is 0 Å². The second-order valence-corrected chi connectivity index (χ2v) is 7.32. The van der Waals surface area contributed by atoms with E-state index in [2.05, 4.69) is 55.3 Å². The molecule has 0 fully saturated rings. The minimum atomic E-state index is -0.219. The van der Waals surface area contributed by atoms with Gasteiger partial charge in [-0.2, -0.15) is 0 Å². The van der Waals surface area contributed by atoms with Crippen LogP contribution in [0.2, 0.25) is 0 Å². The largest absolute Gasteiger partial charge is 0.298 e. The highest BCUT2D eigenvalue weighted by molar-refractivity contribution is 9.11. The highest BCUT2D eigenvalue weighted by Gasteiger charge is 2.06. The zero-order chi connectivity index (χ0) is 13.1. The molecule has 0 bridgehead atoms.